The molecule has 1 atom stereocenters. The van der Waals surface area contributed by atoms with Crippen LogP contribution in [-0.2, 0) is 14.8 Å². The Morgan fingerprint density at radius 3 is 2.71 bits per heavy atom. The predicted octanol–water partition coefficient (Wildman–Crippen LogP) is 0.227. The molecule has 0 bridgehead atoms. The lowest BCUT2D eigenvalue weighted by Gasteiger charge is -2.34. The first-order valence-corrected chi connectivity index (χ1v) is 7.97. The molecule has 2 heterocycles. The first-order chi connectivity index (χ1) is 7.99. The molecule has 6 heteroatoms. The van der Waals surface area contributed by atoms with Crippen LogP contribution in [0.5, 0.6) is 0 Å². The molecule has 100 valence electrons. The molecule has 1 unspecified atom stereocenters. The van der Waals surface area contributed by atoms with Crippen molar-refractivity contribution >= 4 is 10.0 Å². The van der Waals surface area contributed by atoms with Crippen LogP contribution in [0.2, 0.25) is 0 Å². The largest absolute Gasteiger partial charge is 0.381 e. The van der Waals surface area contributed by atoms with E-state index in [0.29, 0.717) is 13.2 Å². The highest BCUT2D eigenvalue weighted by Crippen LogP contribution is 2.21. The molecule has 2 N–H and O–H groups in total. The zero-order valence-electron chi connectivity index (χ0n) is 10.4. The van der Waals surface area contributed by atoms with Crippen LogP contribution in [0.15, 0.2) is 0 Å². The monoisotopic (exact) mass is 262 g/mol. The molecule has 0 saturated carbocycles. The summed E-state index contributed by atoms with van der Waals surface area (Å²) in [6.45, 7) is 4.18. The van der Waals surface area contributed by atoms with Gasteiger partial charge in [-0.3, -0.25) is 0 Å². The van der Waals surface area contributed by atoms with E-state index in [1.54, 1.807) is 0 Å². The summed E-state index contributed by atoms with van der Waals surface area (Å²) in [6, 6.07) is 0.121. The van der Waals surface area contributed by atoms with Gasteiger partial charge in [0.25, 0.3) is 0 Å². The van der Waals surface area contributed by atoms with Crippen molar-refractivity contribution in [3.63, 3.8) is 0 Å². The van der Waals surface area contributed by atoms with Gasteiger partial charge >= 0.3 is 0 Å². The van der Waals surface area contributed by atoms with Crippen molar-refractivity contribution in [1.29, 1.82) is 0 Å². The van der Waals surface area contributed by atoms with Crippen molar-refractivity contribution in [1.82, 2.24) is 10.0 Å². The minimum atomic E-state index is -3.19. The van der Waals surface area contributed by atoms with Crippen molar-refractivity contribution < 1.29 is 13.2 Å². The summed E-state index contributed by atoms with van der Waals surface area (Å²) in [5.41, 5.74) is -0.324. The Balaban J connectivity index is 1.91. The molecular weight excluding hydrogens is 240 g/mol. The maximum Gasteiger partial charge on any atom is 0.213 e. The summed E-state index contributed by atoms with van der Waals surface area (Å²) in [7, 11) is -3.19. The number of rotatable bonds is 4. The first-order valence-electron chi connectivity index (χ1n) is 6.32. The molecule has 0 radical (unpaired) electrons. The predicted molar refractivity (Wildman–Crippen MR) is 66.4 cm³/mol. The summed E-state index contributed by atoms with van der Waals surface area (Å²) in [5, 5.41) is 3.22. The molecule has 0 aromatic carbocycles. The molecule has 0 aromatic rings. The van der Waals surface area contributed by atoms with Crippen LogP contribution in [0.4, 0.5) is 0 Å². The molecular formula is C11H22N2O3S. The van der Waals surface area contributed by atoms with E-state index in [2.05, 4.69) is 10.0 Å². The summed E-state index contributed by atoms with van der Waals surface area (Å²) >= 11 is 0. The summed E-state index contributed by atoms with van der Waals surface area (Å²) in [6.07, 6.45) is 3.54. The van der Waals surface area contributed by atoms with E-state index < -0.39 is 10.0 Å². The molecule has 0 spiro atoms. The summed E-state index contributed by atoms with van der Waals surface area (Å²) < 4.78 is 32.3. The average molecular weight is 262 g/mol. The number of ether oxygens (including phenoxy) is 1. The smallest absolute Gasteiger partial charge is 0.213 e. The van der Waals surface area contributed by atoms with Gasteiger partial charge in [0.2, 0.25) is 10.0 Å². The van der Waals surface area contributed by atoms with Gasteiger partial charge in [0.15, 0.2) is 0 Å². The van der Waals surface area contributed by atoms with E-state index in [-0.39, 0.29) is 17.3 Å². The van der Waals surface area contributed by atoms with Crippen molar-refractivity contribution in [2.75, 3.05) is 25.5 Å². The Bertz CT molecular complexity index is 344. The second kappa shape index (κ2) is 5.22. The van der Waals surface area contributed by atoms with Gasteiger partial charge in [-0.25, -0.2) is 13.1 Å². The van der Waals surface area contributed by atoms with Gasteiger partial charge in [0, 0.05) is 24.8 Å². The highest BCUT2D eigenvalue weighted by atomic mass is 32.2. The third-order valence-corrected chi connectivity index (χ3v) is 5.23. The second-order valence-corrected chi connectivity index (χ2v) is 7.12. The summed E-state index contributed by atoms with van der Waals surface area (Å²) in [4.78, 5) is 0. The van der Waals surface area contributed by atoms with Gasteiger partial charge < -0.3 is 10.1 Å². The maximum absolute atomic E-state index is 12.1. The molecule has 2 fully saturated rings. The molecule has 2 aliphatic rings. The Morgan fingerprint density at radius 2 is 2.12 bits per heavy atom. The van der Waals surface area contributed by atoms with E-state index >= 15 is 0 Å². The number of hydrogen-bond acceptors (Lipinski definition) is 4. The average Bonchev–Trinajstić information content (AvgIpc) is 2.68. The van der Waals surface area contributed by atoms with Gasteiger partial charge in [0.05, 0.1) is 5.75 Å². The molecule has 2 saturated heterocycles. The van der Waals surface area contributed by atoms with Crippen molar-refractivity contribution in [2.24, 2.45) is 0 Å². The fraction of sp³-hybridized carbons (Fsp3) is 1.00. The third kappa shape index (κ3) is 3.91. The molecule has 17 heavy (non-hydrogen) atoms. The van der Waals surface area contributed by atoms with Crippen LogP contribution >= 0.6 is 0 Å². The van der Waals surface area contributed by atoms with Gasteiger partial charge in [0.1, 0.15) is 0 Å². The third-order valence-electron chi connectivity index (χ3n) is 3.58. The molecule has 2 rings (SSSR count). The Hall–Kier alpha value is -0.170. The molecule has 0 amide bonds. The number of sulfonamides is 1. The highest BCUT2D eigenvalue weighted by Gasteiger charge is 2.33. The Morgan fingerprint density at radius 1 is 1.41 bits per heavy atom. The van der Waals surface area contributed by atoms with E-state index in [9.17, 15) is 8.42 Å². The number of hydrogen-bond donors (Lipinski definition) is 2. The molecule has 2 aliphatic heterocycles. The molecule has 0 aromatic heterocycles. The lowest BCUT2D eigenvalue weighted by molar-refractivity contribution is 0.0537. The maximum atomic E-state index is 12.1. The van der Waals surface area contributed by atoms with Gasteiger partial charge in [-0.1, -0.05) is 0 Å². The number of nitrogens with one attached hydrogen (secondary N) is 2. The minimum absolute atomic E-state index is 0.121. The lowest BCUT2D eigenvalue weighted by atomic mass is 9.94. The Kier molecular flexibility index (Phi) is 4.07. The van der Waals surface area contributed by atoms with Gasteiger partial charge in [-0.15, -0.1) is 0 Å². The zero-order chi connectivity index (χ0) is 12.4. The van der Waals surface area contributed by atoms with Crippen LogP contribution in [0.25, 0.3) is 0 Å². The van der Waals surface area contributed by atoms with Crippen LogP contribution in [0, 0.1) is 0 Å². The van der Waals surface area contributed by atoms with Crippen molar-refractivity contribution in [3.05, 3.63) is 0 Å². The standard InChI is InChI=1S/C11H22N2O3S/c1-11(4-7-16-8-5-11)13-17(14,15)9-10-3-2-6-12-10/h10,12-13H,2-9H2,1H3. The topological polar surface area (TPSA) is 67.4 Å². The quantitative estimate of drug-likeness (QED) is 0.761. The fourth-order valence-electron chi connectivity index (χ4n) is 2.50. The second-order valence-electron chi connectivity index (χ2n) is 5.35. The zero-order valence-corrected chi connectivity index (χ0v) is 11.2. The Labute approximate surface area is 103 Å². The van der Waals surface area contributed by atoms with Gasteiger partial charge in [-0.05, 0) is 39.2 Å². The van der Waals surface area contributed by atoms with Crippen molar-refractivity contribution in [2.45, 2.75) is 44.2 Å². The SMILES string of the molecule is CC1(NS(=O)(=O)CC2CCCN2)CCOCC1. The van der Waals surface area contributed by atoms with Gasteiger partial charge in [-0.2, -0.15) is 0 Å². The van der Waals surface area contributed by atoms with E-state index in [4.69, 9.17) is 4.74 Å². The highest BCUT2D eigenvalue weighted by molar-refractivity contribution is 7.89. The summed E-state index contributed by atoms with van der Waals surface area (Å²) in [5.74, 6) is 0.198. The van der Waals surface area contributed by atoms with Crippen LogP contribution in [-0.4, -0.2) is 45.5 Å². The lowest BCUT2D eigenvalue weighted by Crippen LogP contribution is -2.51. The molecule has 0 aliphatic carbocycles. The van der Waals surface area contributed by atoms with E-state index in [1.807, 2.05) is 6.92 Å². The first kappa shape index (κ1) is 13.3. The van der Waals surface area contributed by atoms with Crippen LogP contribution < -0.4 is 10.0 Å². The van der Waals surface area contributed by atoms with E-state index in [0.717, 1.165) is 32.2 Å². The van der Waals surface area contributed by atoms with Crippen LogP contribution in [0.1, 0.15) is 32.6 Å². The van der Waals surface area contributed by atoms with Crippen LogP contribution in [0.3, 0.4) is 0 Å². The van der Waals surface area contributed by atoms with E-state index in [1.165, 1.54) is 0 Å². The van der Waals surface area contributed by atoms with Crippen molar-refractivity contribution in [3.8, 4) is 0 Å². The normalized spacial score (nSPS) is 29.4. The fourth-order valence-corrected chi connectivity index (χ4v) is 4.36. The molecule has 5 nitrogen and oxygen atoms in total. The minimum Gasteiger partial charge on any atom is -0.381 e.